The molecule has 39 heavy (non-hydrogen) atoms. The molecule has 0 N–H and O–H groups in total. The zero-order valence-electron chi connectivity index (χ0n) is 20.5. The number of terminal acetylenes is 1. The summed E-state index contributed by atoms with van der Waals surface area (Å²) in [5.74, 6) is 2.72. The zero-order valence-corrected chi connectivity index (χ0v) is 26.5. The maximum absolute atomic E-state index is 13.9. The molecule has 0 radical (unpaired) electrons. The first-order chi connectivity index (χ1) is 18.9. The van der Waals surface area contributed by atoms with E-state index < -0.39 is 12.0 Å². The third-order valence-electron chi connectivity index (χ3n) is 5.80. The van der Waals surface area contributed by atoms with Crippen molar-refractivity contribution in [1.82, 2.24) is 4.57 Å². The van der Waals surface area contributed by atoms with Crippen molar-refractivity contribution in [2.45, 2.75) is 13.0 Å². The second-order valence-electron chi connectivity index (χ2n) is 8.25. The van der Waals surface area contributed by atoms with Gasteiger partial charge in [0.15, 0.2) is 4.80 Å². The van der Waals surface area contributed by atoms with Gasteiger partial charge in [0.05, 0.1) is 29.5 Å². The van der Waals surface area contributed by atoms with Gasteiger partial charge < -0.3 is 9.47 Å². The standard InChI is InChI=1S/C29H20I2N2O4S2/c1-3-12-37-26-19(30)14-17(15-20(26)31)16-22-27(34)33-25(21-11-8-13-38-21)23(28(35)36-4-2)24(32-29(33)39-22)18-9-6-5-7-10-18/h1,5-11,13-16,25H,4,12H2,2H3/b22-16-/t25-/m0/s1. The van der Waals surface area contributed by atoms with Crippen molar-refractivity contribution in [2.24, 2.45) is 4.99 Å². The molecule has 1 atom stereocenters. The number of esters is 1. The first kappa shape index (κ1) is 27.8. The van der Waals surface area contributed by atoms with Gasteiger partial charge >= 0.3 is 5.97 Å². The Morgan fingerprint density at radius 3 is 2.56 bits per heavy atom. The predicted octanol–water partition coefficient (Wildman–Crippen LogP) is 5.22. The van der Waals surface area contributed by atoms with Crippen LogP contribution in [0.3, 0.4) is 0 Å². The summed E-state index contributed by atoms with van der Waals surface area (Å²) < 4.78 is 15.1. The molecule has 0 saturated heterocycles. The van der Waals surface area contributed by atoms with Crippen LogP contribution in [-0.4, -0.2) is 23.8 Å². The van der Waals surface area contributed by atoms with Gasteiger partial charge in [0.25, 0.3) is 5.56 Å². The van der Waals surface area contributed by atoms with Crippen molar-refractivity contribution < 1.29 is 14.3 Å². The number of fused-ring (bicyclic) bond motifs is 1. The maximum atomic E-state index is 13.9. The lowest BCUT2D eigenvalue weighted by atomic mass is 9.97. The smallest absolute Gasteiger partial charge is 0.338 e. The number of carbonyl (C=O) groups is 1. The molecule has 1 aliphatic rings. The quantitative estimate of drug-likeness (QED) is 0.147. The normalized spacial score (nSPS) is 14.9. The van der Waals surface area contributed by atoms with Crippen molar-refractivity contribution in [3.63, 3.8) is 0 Å². The van der Waals surface area contributed by atoms with Crippen molar-refractivity contribution in [2.75, 3.05) is 13.2 Å². The van der Waals surface area contributed by atoms with Crippen LogP contribution < -0.4 is 19.6 Å². The van der Waals surface area contributed by atoms with Gasteiger partial charge in [-0.3, -0.25) is 9.36 Å². The summed E-state index contributed by atoms with van der Waals surface area (Å²) in [4.78, 5) is 33.6. The fourth-order valence-corrected chi connectivity index (χ4v) is 8.17. The topological polar surface area (TPSA) is 69.9 Å². The van der Waals surface area contributed by atoms with E-state index in [4.69, 9.17) is 20.9 Å². The van der Waals surface area contributed by atoms with Gasteiger partial charge in [-0.15, -0.1) is 17.8 Å². The third kappa shape index (κ3) is 5.63. The van der Waals surface area contributed by atoms with Crippen LogP contribution in [0.1, 0.15) is 29.0 Å². The maximum Gasteiger partial charge on any atom is 0.338 e. The summed E-state index contributed by atoms with van der Waals surface area (Å²) in [6.45, 7) is 2.16. The van der Waals surface area contributed by atoms with Crippen LogP contribution in [0.5, 0.6) is 5.75 Å². The van der Waals surface area contributed by atoms with Crippen LogP contribution in [0.25, 0.3) is 11.8 Å². The molecule has 2 aromatic carbocycles. The van der Waals surface area contributed by atoms with Crippen LogP contribution in [0.4, 0.5) is 0 Å². The van der Waals surface area contributed by atoms with Crippen LogP contribution in [0.15, 0.2) is 75.3 Å². The Kier molecular flexibility index (Phi) is 8.70. The molecule has 0 bridgehead atoms. The highest BCUT2D eigenvalue weighted by atomic mass is 127. The minimum atomic E-state index is -0.655. The molecule has 5 rings (SSSR count). The Labute approximate surface area is 260 Å². The average Bonchev–Trinajstić information content (AvgIpc) is 3.56. The van der Waals surface area contributed by atoms with E-state index in [0.29, 0.717) is 20.6 Å². The van der Waals surface area contributed by atoms with Crippen molar-refractivity contribution in [3.8, 4) is 18.1 Å². The monoisotopic (exact) mass is 778 g/mol. The number of thiophene rings is 1. The van der Waals surface area contributed by atoms with Gasteiger partial charge in [-0.25, -0.2) is 9.79 Å². The van der Waals surface area contributed by atoms with Crippen molar-refractivity contribution in [1.29, 1.82) is 0 Å². The molecule has 0 spiro atoms. The molecule has 196 valence electrons. The van der Waals surface area contributed by atoms with Crippen molar-refractivity contribution >= 4 is 85.6 Å². The SMILES string of the molecule is C#CCOc1c(I)cc(/C=c2\sc3n(c2=O)[C@@H](c2cccs2)C(C(=O)OCC)=C(c2ccccc2)N=3)cc1I. The summed E-state index contributed by atoms with van der Waals surface area (Å²) in [7, 11) is 0. The molecule has 0 unspecified atom stereocenters. The Balaban J connectivity index is 1.74. The number of hydrogen-bond acceptors (Lipinski definition) is 7. The molecule has 3 heterocycles. The van der Waals surface area contributed by atoms with E-state index in [2.05, 4.69) is 51.1 Å². The predicted molar refractivity (Wildman–Crippen MR) is 172 cm³/mol. The third-order valence-corrected chi connectivity index (χ3v) is 9.31. The van der Waals surface area contributed by atoms with Gasteiger partial charge in [0.1, 0.15) is 18.4 Å². The molecule has 6 nitrogen and oxygen atoms in total. The first-order valence-corrected chi connectivity index (χ1v) is 15.7. The van der Waals surface area contributed by atoms with Gasteiger partial charge in [-0.2, -0.15) is 0 Å². The molecule has 0 saturated carbocycles. The lowest BCUT2D eigenvalue weighted by Crippen LogP contribution is -2.39. The zero-order chi connectivity index (χ0) is 27.5. The lowest BCUT2D eigenvalue weighted by molar-refractivity contribution is -0.138. The second kappa shape index (κ2) is 12.2. The number of aromatic nitrogens is 1. The van der Waals surface area contributed by atoms with E-state index in [1.54, 1.807) is 11.5 Å². The Bertz CT molecular complexity index is 1780. The van der Waals surface area contributed by atoms with Crippen LogP contribution >= 0.6 is 67.9 Å². The molecule has 0 amide bonds. The molecule has 4 aromatic rings. The minimum Gasteiger partial charge on any atom is -0.479 e. The highest BCUT2D eigenvalue weighted by molar-refractivity contribution is 14.1. The molecule has 10 heteroatoms. The summed E-state index contributed by atoms with van der Waals surface area (Å²) in [6.07, 6.45) is 7.20. The minimum absolute atomic E-state index is 0.180. The number of hydrogen-bond donors (Lipinski definition) is 0. The van der Waals surface area contributed by atoms with Crippen molar-refractivity contribution in [3.05, 3.63) is 108 Å². The summed E-state index contributed by atoms with van der Waals surface area (Å²) in [5.41, 5.74) is 2.28. The van der Waals surface area contributed by atoms with Crippen LogP contribution in [0, 0.1) is 19.5 Å². The van der Waals surface area contributed by atoms with E-state index in [-0.39, 0.29) is 18.8 Å². The van der Waals surface area contributed by atoms with E-state index in [9.17, 15) is 9.59 Å². The lowest BCUT2D eigenvalue weighted by Gasteiger charge is -2.24. The van der Waals surface area contributed by atoms with Gasteiger partial charge in [-0.05, 0) is 87.3 Å². The number of thiazole rings is 1. The molecule has 0 aliphatic carbocycles. The highest BCUT2D eigenvalue weighted by Gasteiger charge is 2.35. The number of nitrogens with zero attached hydrogens (tertiary/aromatic N) is 2. The summed E-state index contributed by atoms with van der Waals surface area (Å²) >= 11 is 7.19. The largest absolute Gasteiger partial charge is 0.479 e. The fraction of sp³-hybridized carbons (Fsp3) is 0.138. The Hall–Kier alpha value is -2.73. The second-order valence-corrected chi connectivity index (χ2v) is 12.6. The van der Waals surface area contributed by atoms with E-state index >= 15 is 0 Å². The Morgan fingerprint density at radius 2 is 1.92 bits per heavy atom. The number of halogens is 2. The Morgan fingerprint density at radius 1 is 1.18 bits per heavy atom. The number of rotatable bonds is 7. The fourth-order valence-electron chi connectivity index (χ4n) is 4.22. The van der Waals surface area contributed by atoms with E-state index in [1.807, 2.05) is 66.1 Å². The first-order valence-electron chi connectivity index (χ1n) is 11.8. The van der Waals surface area contributed by atoms with Gasteiger partial charge in [0.2, 0.25) is 0 Å². The summed E-state index contributed by atoms with van der Waals surface area (Å²) in [6, 6.07) is 16.6. The van der Waals surface area contributed by atoms with E-state index in [1.165, 1.54) is 22.7 Å². The molecule has 0 fully saturated rings. The van der Waals surface area contributed by atoms with Crippen LogP contribution in [0.2, 0.25) is 0 Å². The number of ether oxygens (including phenoxy) is 2. The molecular formula is C29H20I2N2O4S2. The summed E-state index contributed by atoms with van der Waals surface area (Å²) in [5, 5.41) is 1.93. The van der Waals surface area contributed by atoms with Gasteiger partial charge in [0, 0.05) is 10.4 Å². The highest BCUT2D eigenvalue weighted by Crippen LogP contribution is 2.37. The average molecular weight is 778 g/mol. The van der Waals surface area contributed by atoms with E-state index in [0.717, 1.165) is 28.9 Å². The molecule has 1 aliphatic heterocycles. The van der Waals surface area contributed by atoms with Gasteiger partial charge in [-0.1, -0.05) is 53.7 Å². The number of carbonyl (C=O) groups excluding carboxylic acids is 1. The molecule has 2 aromatic heterocycles. The van der Waals surface area contributed by atoms with Crippen LogP contribution in [-0.2, 0) is 9.53 Å². The number of benzene rings is 2. The molecular weight excluding hydrogens is 758 g/mol.